The molecular formula is C7H10N2O3. The van der Waals surface area contributed by atoms with Crippen LogP contribution in [0.15, 0.2) is 17.5 Å². The molecule has 1 N–H and O–H groups in total. The zero-order chi connectivity index (χ0) is 9.56. The molecule has 0 aliphatic heterocycles. The number of hydrogen-bond acceptors (Lipinski definition) is 5. The van der Waals surface area contributed by atoms with E-state index in [4.69, 9.17) is 0 Å². The van der Waals surface area contributed by atoms with Crippen molar-refractivity contribution in [3.8, 4) is 0 Å². The Morgan fingerprint density at radius 2 is 2.08 bits per heavy atom. The molecule has 0 amide bonds. The van der Waals surface area contributed by atoms with Crippen LogP contribution in [0.4, 0.5) is 0 Å². The second-order valence-corrected chi connectivity index (χ2v) is 2.14. The maximum absolute atomic E-state index is 10.8. The summed E-state index contributed by atoms with van der Waals surface area (Å²) in [5, 5.41) is 5.07. The van der Waals surface area contributed by atoms with Gasteiger partial charge >= 0.3 is 0 Å². The fraction of sp³-hybridized carbons (Fsp3) is 0.429. The van der Waals surface area contributed by atoms with Gasteiger partial charge in [-0.1, -0.05) is 11.8 Å². The SMILES string of the molecule is C=C(NCCN=O)C(=O)C(C)=O. The Hall–Kier alpha value is -1.52. The van der Waals surface area contributed by atoms with Gasteiger partial charge in [0.15, 0.2) is 0 Å². The average Bonchev–Trinajstić information content (AvgIpc) is 2.03. The minimum absolute atomic E-state index is 0.00569. The van der Waals surface area contributed by atoms with Crippen molar-refractivity contribution in [1.29, 1.82) is 0 Å². The van der Waals surface area contributed by atoms with Gasteiger partial charge in [0.25, 0.3) is 0 Å². The zero-order valence-corrected chi connectivity index (χ0v) is 6.79. The van der Waals surface area contributed by atoms with E-state index in [0.717, 1.165) is 6.92 Å². The maximum atomic E-state index is 10.8. The van der Waals surface area contributed by atoms with Gasteiger partial charge < -0.3 is 5.32 Å². The quantitative estimate of drug-likeness (QED) is 0.264. The standard InChI is InChI=1S/C7H10N2O3/c1-5(7(11)6(2)10)8-3-4-9-12/h8H,1,3-4H2,2H3. The van der Waals surface area contributed by atoms with Gasteiger partial charge in [0, 0.05) is 13.5 Å². The lowest BCUT2D eigenvalue weighted by Crippen LogP contribution is -2.25. The molecule has 0 aliphatic rings. The highest BCUT2D eigenvalue weighted by Crippen LogP contribution is 1.87. The van der Waals surface area contributed by atoms with Crippen molar-refractivity contribution in [3.63, 3.8) is 0 Å². The van der Waals surface area contributed by atoms with Crippen molar-refractivity contribution in [2.24, 2.45) is 5.18 Å². The summed E-state index contributed by atoms with van der Waals surface area (Å²) in [5.74, 6) is -1.24. The van der Waals surface area contributed by atoms with Crippen LogP contribution in [0, 0.1) is 4.91 Å². The summed E-state index contributed by atoms with van der Waals surface area (Å²) in [6.07, 6.45) is 0. The molecule has 0 saturated heterocycles. The van der Waals surface area contributed by atoms with Gasteiger partial charge in [0.05, 0.1) is 12.2 Å². The molecule has 5 nitrogen and oxygen atoms in total. The van der Waals surface area contributed by atoms with Crippen molar-refractivity contribution in [1.82, 2.24) is 5.32 Å². The Morgan fingerprint density at radius 3 is 2.50 bits per heavy atom. The molecule has 0 aliphatic carbocycles. The topological polar surface area (TPSA) is 75.6 Å². The number of Topliss-reactive ketones (excluding diaryl/α,β-unsaturated/α-hetero) is 2. The molecule has 0 fully saturated rings. The molecule has 0 spiro atoms. The van der Waals surface area contributed by atoms with E-state index in [2.05, 4.69) is 17.1 Å². The Morgan fingerprint density at radius 1 is 1.50 bits per heavy atom. The maximum Gasteiger partial charge on any atom is 0.243 e. The predicted octanol–water partition coefficient (Wildman–Crippen LogP) is 0.0142. The van der Waals surface area contributed by atoms with Crippen molar-refractivity contribution < 1.29 is 9.59 Å². The second-order valence-electron chi connectivity index (χ2n) is 2.14. The molecule has 0 heterocycles. The number of nitroso groups, excluding NO2 is 1. The normalized spacial score (nSPS) is 8.75. The van der Waals surface area contributed by atoms with Gasteiger partial charge in [-0.05, 0) is 0 Å². The third-order valence-corrected chi connectivity index (χ3v) is 1.14. The average molecular weight is 170 g/mol. The molecule has 0 aromatic carbocycles. The molecule has 5 heteroatoms. The highest BCUT2D eigenvalue weighted by atomic mass is 16.3. The van der Waals surface area contributed by atoms with Crippen LogP contribution in [0.5, 0.6) is 0 Å². The van der Waals surface area contributed by atoms with E-state index in [-0.39, 0.29) is 18.8 Å². The van der Waals surface area contributed by atoms with Crippen LogP contribution in [0.25, 0.3) is 0 Å². The summed E-state index contributed by atoms with van der Waals surface area (Å²) in [7, 11) is 0. The monoisotopic (exact) mass is 170 g/mol. The van der Waals surface area contributed by atoms with Crippen molar-refractivity contribution >= 4 is 11.6 Å². The molecular weight excluding hydrogens is 160 g/mol. The summed E-state index contributed by atoms with van der Waals surface area (Å²) in [6.45, 7) is 4.75. The smallest absolute Gasteiger partial charge is 0.243 e. The third-order valence-electron chi connectivity index (χ3n) is 1.14. The first-order valence-electron chi connectivity index (χ1n) is 3.36. The van der Waals surface area contributed by atoms with E-state index in [1.54, 1.807) is 0 Å². The molecule has 0 radical (unpaired) electrons. The lowest BCUT2D eigenvalue weighted by atomic mass is 10.2. The minimum atomic E-state index is -0.666. The summed E-state index contributed by atoms with van der Waals surface area (Å²) in [6, 6.07) is 0. The van der Waals surface area contributed by atoms with E-state index >= 15 is 0 Å². The molecule has 66 valence electrons. The van der Waals surface area contributed by atoms with E-state index < -0.39 is 11.6 Å². The number of ketones is 2. The van der Waals surface area contributed by atoms with E-state index in [0.29, 0.717) is 0 Å². The number of carbonyl (C=O) groups excluding carboxylic acids is 2. The number of hydrogen-bond donors (Lipinski definition) is 1. The third kappa shape index (κ3) is 3.60. The Balaban J connectivity index is 3.80. The van der Waals surface area contributed by atoms with Crippen LogP contribution in [0.1, 0.15) is 6.92 Å². The lowest BCUT2D eigenvalue weighted by molar-refractivity contribution is -0.133. The zero-order valence-electron chi connectivity index (χ0n) is 6.79. The second kappa shape index (κ2) is 5.17. The van der Waals surface area contributed by atoms with Crippen LogP contribution >= 0.6 is 0 Å². The summed E-state index contributed by atoms with van der Waals surface area (Å²) < 4.78 is 0. The van der Waals surface area contributed by atoms with Crippen molar-refractivity contribution in [2.75, 3.05) is 13.1 Å². The number of nitrogens with one attached hydrogen (secondary N) is 1. The first-order valence-corrected chi connectivity index (χ1v) is 3.36. The number of nitrogens with zero attached hydrogens (tertiary/aromatic N) is 1. The van der Waals surface area contributed by atoms with E-state index in [1.165, 1.54) is 0 Å². The van der Waals surface area contributed by atoms with Crippen molar-refractivity contribution in [2.45, 2.75) is 6.92 Å². The number of carbonyl (C=O) groups is 2. The van der Waals surface area contributed by atoms with Gasteiger partial charge in [0.2, 0.25) is 11.6 Å². The van der Waals surface area contributed by atoms with E-state index in [1.807, 2.05) is 0 Å². The van der Waals surface area contributed by atoms with Crippen LogP contribution < -0.4 is 5.32 Å². The summed E-state index contributed by atoms with van der Waals surface area (Å²) >= 11 is 0. The Bertz CT molecular complexity index is 223. The lowest BCUT2D eigenvalue weighted by Gasteiger charge is -2.02. The Kier molecular flexibility index (Phi) is 4.52. The number of rotatable bonds is 6. The highest BCUT2D eigenvalue weighted by molar-refractivity contribution is 6.42. The molecule has 0 aromatic heterocycles. The van der Waals surface area contributed by atoms with Crippen LogP contribution in [0.3, 0.4) is 0 Å². The summed E-state index contributed by atoms with van der Waals surface area (Å²) in [4.78, 5) is 30.9. The molecule has 12 heavy (non-hydrogen) atoms. The molecule has 0 atom stereocenters. The molecule has 0 unspecified atom stereocenters. The largest absolute Gasteiger partial charge is 0.380 e. The first kappa shape index (κ1) is 10.5. The van der Waals surface area contributed by atoms with Gasteiger partial charge in [-0.15, -0.1) is 0 Å². The molecule has 0 aromatic rings. The highest BCUT2D eigenvalue weighted by Gasteiger charge is 2.10. The van der Waals surface area contributed by atoms with Crippen LogP contribution in [0.2, 0.25) is 0 Å². The van der Waals surface area contributed by atoms with Crippen LogP contribution in [-0.2, 0) is 9.59 Å². The predicted molar refractivity (Wildman–Crippen MR) is 43.5 cm³/mol. The minimum Gasteiger partial charge on any atom is -0.380 e. The van der Waals surface area contributed by atoms with E-state index in [9.17, 15) is 14.5 Å². The molecule has 0 rings (SSSR count). The molecule has 0 bridgehead atoms. The van der Waals surface area contributed by atoms with Gasteiger partial charge in [-0.2, -0.15) is 4.91 Å². The van der Waals surface area contributed by atoms with Gasteiger partial charge in [-0.25, -0.2) is 0 Å². The van der Waals surface area contributed by atoms with Gasteiger partial charge in [-0.3, -0.25) is 9.59 Å². The fourth-order valence-corrected chi connectivity index (χ4v) is 0.545. The Labute approximate surface area is 69.8 Å². The van der Waals surface area contributed by atoms with Crippen LogP contribution in [-0.4, -0.2) is 24.7 Å². The molecule has 0 saturated carbocycles. The fourth-order valence-electron chi connectivity index (χ4n) is 0.545. The summed E-state index contributed by atoms with van der Waals surface area (Å²) in [5.41, 5.74) is 0.00569. The van der Waals surface area contributed by atoms with Gasteiger partial charge in [0.1, 0.15) is 0 Å². The number of allylic oxidation sites excluding steroid dienone is 1. The first-order chi connectivity index (χ1) is 5.59. The van der Waals surface area contributed by atoms with Crippen molar-refractivity contribution in [3.05, 3.63) is 17.2 Å².